The number of nitrogens with one attached hydrogen (secondary N) is 2. The third-order valence-electron chi connectivity index (χ3n) is 6.40. The van der Waals surface area contributed by atoms with Crippen molar-refractivity contribution in [2.75, 3.05) is 13.1 Å². The first-order valence-corrected chi connectivity index (χ1v) is 10.9. The van der Waals surface area contributed by atoms with Gasteiger partial charge in [0, 0.05) is 32.1 Å². The number of amides is 2. The largest absolute Gasteiger partial charge is 0.473 e. The first-order chi connectivity index (χ1) is 14.9. The molecule has 166 valence electrons. The third kappa shape index (κ3) is 4.27. The normalized spacial score (nSPS) is 19.5. The van der Waals surface area contributed by atoms with E-state index in [1.54, 1.807) is 11.1 Å². The van der Waals surface area contributed by atoms with Gasteiger partial charge >= 0.3 is 0 Å². The summed E-state index contributed by atoms with van der Waals surface area (Å²) >= 11 is 0. The number of carbonyl (C=O) groups excluding carboxylic acids is 2. The minimum Gasteiger partial charge on any atom is -0.473 e. The van der Waals surface area contributed by atoms with Crippen molar-refractivity contribution in [2.24, 2.45) is 0 Å². The molecule has 0 radical (unpaired) electrons. The smallest absolute Gasteiger partial charge is 0.255 e. The van der Waals surface area contributed by atoms with Crippen molar-refractivity contribution in [2.45, 2.75) is 63.2 Å². The van der Waals surface area contributed by atoms with Crippen LogP contribution in [0, 0.1) is 0 Å². The molecule has 2 fully saturated rings. The van der Waals surface area contributed by atoms with Crippen LogP contribution in [-0.2, 0) is 4.79 Å². The second-order valence-corrected chi connectivity index (χ2v) is 8.35. The molecule has 31 heavy (non-hydrogen) atoms. The van der Waals surface area contributed by atoms with Crippen LogP contribution in [0.15, 0.2) is 25.0 Å². The molecular weight excluding hydrogens is 398 g/mol. The summed E-state index contributed by atoms with van der Waals surface area (Å²) < 4.78 is 5.99. The van der Waals surface area contributed by atoms with Gasteiger partial charge in [0.1, 0.15) is 11.6 Å². The maximum atomic E-state index is 12.9. The summed E-state index contributed by atoms with van der Waals surface area (Å²) in [5.74, 6) is -0.0139. The van der Waals surface area contributed by atoms with Gasteiger partial charge < -0.3 is 25.0 Å². The monoisotopic (exact) mass is 427 g/mol. The summed E-state index contributed by atoms with van der Waals surface area (Å²) in [6, 6.07) is -0.297. The van der Waals surface area contributed by atoms with Crippen LogP contribution in [0.1, 0.15) is 55.8 Å². The lowest BCUT2D eigenvalue weighted by Crippen LogP contribution is -2.56. The highest BCUT2D eigenvalue weighted by Crippen LogP contribution is 2.36. The molecule has 0 spiro atoms. The van der Waals surface area contributed by atoms with Gasteiger partial charge in [-0.2, -0.15) is 0 Å². The Hall–Kier alpha value is -2.94. The number of aromatic nitrogens is 3. The molecular formula is C22H29N5O4. The Kier molecular flexibility index (Phi) is 5.95. The van der Waals surface area contributed by atoms with Crippen molar-refractivity contribution in [3.05, 3.63) is 30.6 Å². The average Bonchev–Trinajstić information content (AvgIpc) is 3.19. The number of fused-ring (bicyclic) bond motifs is 1. The van der Waals surface area contributed by atoms with Crippen molar-refractivity contribution in [1.82, 2.24) is 25.2 Å². The zero-order valence-corrected chi connectivity index (χ0v) is 17.8. The van der Waals surface area contributed by atoms with Gasteiger partial charge in [0.05, 0.1) is 23.4 Å². The third-order valence-corrected chi connectivity index (χ3v) is 6.40. The van der Waals surface area contributed by atoms with E-state index in [0.717, 1.165) is 6.42 Å². The van der Waals surface area contributed by atoms with Gasteiger partial charge in [-0.15, -0.1) is 0 Å². The summed E-state index contributed by atoms with van der Waals surface area (Å²) in [5, 5.41) is 13.6. The van der Waals surface area contributed by atoms with Crippen LogP contribution in [0.3, 0.4) is 0 Å². The molecule has 9 nitrogen and oxygen atoms in total. The number of nitrogens with zero attached hydrogens (tertiary/aromatic N) is 3. The molecule has 2 amide bonds. The van der Waals surface area contributed by atoms with Crippen LogP contribution in [0.2, 0.25) is 0 Å². The fourth-order valence-electron chi connectivity index (χ4n) is 4.34. The van der Waals surface area contributed by atoms with E-state index in [2.05, 4.69) is 26.8 Å². The number of aliphatic hydroxyl groups is 1. The van der Waals surface area contributed by atoms with Crippen LogP contribution in [-0.4, -0.2) is 67.6 Å². The Morgan fingerprint density at radius 1 is 1.45 bits per heavy atom. The summed E-state index contributed by atoms with van der Waals surface area (Å²) in [6.45, 7) is 6.68. The minimum atomic E-state index is -0.821. The molecule has 1 saturated heterocycles. The Morgan fingerprint density at radius 3 is 2.81 bits per heavy atom. The Labute approximate surface area is 180 Å². The molecule has 9 heteroatoms. The zero-order chi connectivity index (χ0) is 22.0. The van der Waals surface area contributed by atoms with Crippen LogP contribution >= 0.6 is 0 Å². The molecule has 0 bridgehead atoms. The number of carbonyl (C=O) groups is 2. The van der Waals surface area contributed by atoms with E-state index >= 15 is 0 Å². The Balaban J connectivity index is 1.44. The lowest BCUT2D eigenvalue weighted by atomic mass is 9.74. The standard InChI is InChI=1S/C22H29N5O4/c1-3-16(22(30)8-5-9-22)25-21(29)15-12-23-20-19(15)26-17(13-24-20)31-14-6-10-27(11-7-14)18(28)4-2/h4,12-14,16,30H,2-3,5-11H2,1H3,(H,23,24)(H,25,29)/t16-/m1/s1. The van der Waals surface area contributed by atoms with Crippen molar-refractivity contribution >= 4 is 23.0 Å². The molecule has 3 N–H and O–H groups in total. The SMILES string of the molecule is C=CC(=O)N1CCC(Oc2cnc3[nH]cc(C(=O)N[C@H](CC)C4(O)CCC4)c3n2)CC1. The average molecular weight is 428 g/mol. The number of piperidine rings is 1. The number of hydrogen-bond donors (Lipinski definition) is 3. The lowest BCUT2D eigenvalue weighted by Gasteiger charge is -2.43. The molecule has 2 aromatic rings. The van der Waals surface area contributed by atoms with E-state index in [1.807, 2.05) is 6.92 Å². The second kappa shape index (κ2) is 8.66. The summed E-state index contributed by atoms with van der Waals surface area (Å²) in [5.41, 5.74) is 0.489. The van der Waals surface area contributed by atoms with E-state index < -0.39 is 5.60 Å². The van der Waals surface area contributed by atoms with Gasteiger partial charge in [-0.25, -0.2) is 9.97 Å². The molecule has 0 aromatic carbocycles. The van der Waals surface area contributed by atoms with Crippen LogP contribution in [0.4, 0.5) is 0 Å². The van der Waals surface area contributed by atoms with Gasteiger partial charge in [0.25, 0.3) is 5.91 Å². The topological polar surface area (TPSA) is 120 Å². The number of rotatable bonds is 7. The molecule has 0 unspecified atom stereocenters. The highest BCUT2D eigenvalue weighted by molar-refractivity contribution is 6.04. The van der Waals surface area contributed by atoms with Crippen LogP contribution in [0.5, 0.6) is 5.88 Å². The first kappa shape index (κ1) is 21.3. The van der Waals surface area contributed by atoms with Crippen molar-refractivity contribution in [3.8, 4) is 5.88 Å². The predicted molar refractivity (Wildman–Crippen MR) is 115 cm³/mol. The highest BCUT2D eigenvalue weighted by atomic mass is 16.5. The maximum absolute atomic E-state index is 12.9. The van der Waals surface area contributed by atoms with Crippen LogP contribution in [0.25, 0.3) is 11.2 Å². The van der Waals surface area contributed by atoms with Gasteiger partial charge in [-0.3, -0.25) is 9.59 Å². The van der Waals surface area contributed by atoms with Gasteiger partial charge in [0.15, 0.2) is 5.65 Å². The first-order valence-electron chi connectivity index (χ1n) is 10.9. The summed E-state index contributed by atoms with van der Waals surface area (Å²) in [4.78, 5) is 38.2. The van der Waals surface area contributed by atoms with E-state index in [1.165, 1.54) is 12.3 Å². The quantitative estimate of drug-likeness (QED) is 0.581. The molecule has 1 aliphatic heterocycles. The highest BCUT2D eigenvalue weighted by Gasteiger charge is 2.42. The number of ether oxygens (including phenoxy) is 1. The molecule has 3 heterocycles. The predicted octanol–water partition coefficient (Wildman–Crippen LogP) is 1.94. The fraction of sp³-hybridized carbons (Fsp3) is 0.545. The minimum absolute atomic E-state index is 0.0698. The van der Waals surface area contributed by atoms with E-state index in [4.69, 9.17) is 4.74 Å². The van der Waals surface area contributed by atoms with Gasteiger partial charge in [-0.05, 0) is 31.8 Å². The maximum Gasteiger partial charge on any atom is 0.255 e. The Morgan fingerprint density at radius 2 is 2.19 bits per heavy atom. The van der Waals surface area contributed by atoms with Crippen molar-refractivity contribution in [1.29, 1.82) is 0 Å². The number of hydrogen-bond acceptors (Lipinski definition) is 6. The van der Waals surface area contributed by atoms with E-state index in [-0.39, 0.29) is 24.0 Å². The Bertz CT molecular complexity index is 975. The molecule has 1 saturated carbocycles. The van der Waals surface area contributed by atoms with Crippen molar-refractivity contribution in [3.63, 3.8) is 0 Å². The lowest BCUT2D eigenvalue weighted by molar-refractivity contribution is -0.127. The number of likely N-dealkylation sites (tertiary alicyclic amines) is 1. The summed E-state index contributed by atoms with van der Waals surface area (Å²) in [6.07, 6.45) is 8.78. The summed E-state index contributed by atoms with van der Waals surface area (Å²) in [7, 11) is 0. The van der Waals surface area contributed by atoms with Crippen LogP contribution < -0.4 is 10.1 Å². The van der Waals surface area contributed by atoms with Gasteiger partial charge in [0.2, 0.25) is 11.8 Å². The number of aromatic amines is 1. The second-order valence-electron chi connectivity index (χ2n) is 8.35. The molecule has 1 atom stereocenters. The zero-order valence-electron chi connectivity index (χ0n) is 17.8. The molecule has 2 aromatic heterocycles. The fourth-order valence-corrected chi connectivity index (χ4v) is 4.34. The molecule has 4 rings (SSSR count). The molecule has 2 aliphatic rings. The van der Waals surface area contributed by atoms with Gasteiger partial charge in [-0.1, -0.05) is 13.5 Å². The molecule has 1 aliphatic carbocycles. The number of H-pyrrole nitrogens is 1. The van der Waals surface area contributed by atoms with E-state index in [0.29, 0.717) is 67.8 Å². The van der Waals surface area contributed by atoms with Crippen molar-refractivity contribution < 1.29 is 19.4 Å². The van der Waals surface area contributed by atoms with E-state index in [9.17, 15) is 14.7 Å².